The number of carbonyl (C=O) groups is 1. The Bertz CT molecular complexity index is 441. The Labute approximate surface area is 107 Å². The fraction of sp³-hybridized carbons (Fsp3) is 0.455. The van der Waals surface area contributed by atoms with Gasteiger partial charge < -0.3 is 4.74 Å². The van der Waals surface area contributed by atoms with Crippen molar-refractivity contribution in [3.05, 3.63) is 28.8 Å². The van der Waals surface area contributed by atoms with E-state index in [1.807, 2.05) is 0 Å². The maximum atomic E-state index is 13.8. The summed E-state index contributed by atoms with van der Waals surface area (Å²) >= 11 is 5.40. The van der Waals surface area contributed by atoms with Crippen molar-refractivity contribution in [3.63, 3.8) is 0 Å². The lowest BCUT2D eigenvalue weighted by atomic mass is 10.1. The molecule has 0 aliphatic heterocycles. The Hall–Kier alpha value is -1.30. The minimum absolute atomic E-state index is 0.134. The van der Waals surface area contributed by atoms with Gasteiger partial charge in [-0.1, -0.05) is 0 Å². The predicted molar refractivity (Wildman–Crippen MR) is 59.0 cm³/mol. The van der Waals surface area contributed by atoms with Crippen LogP contribution in [0.1, 0.15) is 30.2 Å². The zero-order valence-electron chi connectivity index (χ0n) is 9.55. The van der Waals surface area contributed by atoms with E-state index in [4.69, 9.17) is 11.6 Å². The molecule has 0 unspecified atom stereocenters. The predicted octanol–water partition coefficient (Wildman–Crippen LogP) is 3.00. The van der Waals surface area contributed by atoms with E-state index in [9.17, 15) is 18.0 Å². The lowest BCUT2D eigenvalue weighted by Gasteiger charge is -2.10. The summed E-state index contributed by atoms with van der Waals surface area (Å²) in [5.41, 5.74) is -1.30. The first-order valence-electron chi connectivity index (χ1n) is 5.17. The van der Waals surface area contributed by atoms with Crippen molar-refractivity contribution < 1.29 is 22.7 Å². The summed E-state index contributed by atoms with van der Waals surface area (Å²) < 4.78 is 43.8. The molecule has 0 saturated heterocycles. The monoisotopic (exact) mass is 281 g/mol. The van der Waals surface area contributed by atoms with Crippen LogP contribution in [0.15, 0.2) is 6.20 Å². The molecule has 0 N–H and O–H groups in total. The average Bonchev–Trinajstić information content (AvgIpc) is 2.31. The summed E-state index contributed by atoms with van der Waals surface area (Å²) in [5.74, 6) is -2.17. The zero-order valence-corrected chi connectivity index (χ0v) is 10.3. The molecule has 0 aliphatic rings. The molecule has 1 heterocycles. The molecule has 0 amide bonds. The van der Waals surface area contributed by atoms with Crippen LogP contribution < -0.4 is 0 Å². The molecule has 0 fully saturated rings. The molecule has 0 radical (unpaired) electrons. The topological polar surface area (TPSA) is 39.2 Å². The third-order valence-corrected chi connectivity index (χ3v) is 2.44. The molecular formula is C11H11ClF3NO2. The highest BCUT2D eigenvalue weighted by atomic mass is 35.5. The summed E-state index contributed by atoms with van der Waals surface area (Å²) in [6.07, 6.45) is -2.45. The van der Waals surface area contributed by atoms with Crippen molar-refractivity contribution in [1.29, 1.82) is 0 Å². The van der Waals surface area contributed by atoms with Gasteiger partial charge in [-0.25, -0.2) is 13.2 Å². The number of esters is 1. The molecule has 3 nitrogen and oxygen atoms in total. The summed E-state index contributed by atoms with van der Waals surface area (Å²) in [5, 5.41) is 0. The van der Waals surface area contributed by atoms with Crippen LogP contribution in [-0.4, -0.2) is 17.6 Å². The number of carbonyl (C=O) groups excluding carboxylic acids is 1. The fourth-order valence-electron chi connectivity index (χ4n) is 1.40. The summed E-state index contributed by atoms with van der Waals surface area (Å²) in [6.45, 7) is 1.73. The first kappa shape index (κ1) is 14.8. The van der Waals surface area contributed by atoms with E-state index in [2.05, 4.69) is 9.72 Å². The molecule has 1 aromatic rings. The Kier molecular flexibility index (Phi) is 5.40. The molecular weight excluding hydrogens is 271 g/mol. The van der Waals surface area contributed by atoms with Crippen LogP contribution in [0, 0.1) is 5.82 Å². The van der Waals surface area contributed by atoms with E-state index in [0.29, 0.717) is 0 Å². The van der Waals surface area contributed by atoms with Crippen LogP contribution >= 0.6 is 11.6 Å². The summed E-state index contributed by atoms with van der Waals surface area (Å²) in [6, 6.07) is 0. The number of rotatable bonds is 5. The number of alkyl halides is 3. The molecule has 0 aromatic carbocycles. The van der Waals surface area contributed by atoms with Crippen molar-refractivity contribution in [2.24, 2.45) is 0 Å². The van der Waals surface area contributed by atoms with Crippen molar-refractivity contribution in [1.82, 2.24) is 4.98 Å². The molecule has 18 heavy (non-hydrogen) atoms. The molecule has 1 rings (SSSR count). The van der Waals surface area contributed by atoms with Crippen molar-refractivity contribution in [2.45, 2.75) is 25.7 Å². The average molecular weight is 282 g/mol. The Balaban J connectivity index is 3.08. The molecule has 1 aromatic heterocycles. The highest BCUT2D eigenvalue weighted by Gasteiger charge is 2.23. The van der Waals surface area contributed by atoms with Gasteiger partial charge in [0.2, 0.25) is 0 Å². The lowest BCUT2D eigenvalue weighted by molar-refractivity contribution is -0.142. The molecule has 0 atom stereocenters. The number of aromatic nitrogens is 1. The molecule has 100 valence electrons. The number of ether oxygens (including phenoxy) is 1. The van der Waals surface area contributed by atoms with Gasteiger partial charge in [-0.15, -0.1) is 11.6 Å². The van der Waals surface area contributed by atoms with Gasteiger partial charge in [0.1, 0.15) is 5.82 Å². The van der Waals surface area contributed by atoms with Crippen LogP contribution in [-0.2, 0) is 21.8 Å². The number of pyridine rings is 1. The van der Waals surface area contributed by atoms with Crippen LogP contribution in [0.25, 0.3) is 0 Å². The fourth-order valence-corrected chi connectivity index (χ4v) is 1.61. The molecule has 0 aliphatic carbocycles. The Morgan fingerprint density at radius 3 is 2.72 bits per heavy atom. The molecule has 0 bridgehead atoms. The number of hydrogen-bond donors (Lipinski definition) is 0. The van der Waals surface area contributed by atoms with Crippen LogP contribution in [0.4, 0.5) is 13.2 Å². The van der Waals surface area contributed by atoms with E-state index < -0.39 is 30.2 Å². The zero-order chi connectivity index (χ0) is 13.7. The standard InChI is InChI=1S/C11H11ClF3NO2/c1-2-18-8(17)3-6-5-16-7(4-12)9(10(6)13)11(14)15/h5,11H,2-4H2,1H3. The second-order valence-corrected chi connectivity index (χ2v) is 3.64. The molecule has 0 spiro atoms. The van der Waals surface area contributed by atoms with Crippen LogP contribution in [0.2, 0.25) is 0 Å². The second kappa shape index (κ2) is 6.58. The van der Waals surface area contributed by atoms with Gasteiger partial charge in [0.25, 0.3) is 6.43 Å². The van der Waals surface area contributed by atoms with Gasteiger partial charge in [-0.2, -0.15) is 0 Å². The van der Waals surface area contributed by atoms with Gasteiger partial charge >= 0.3 is 5.97 Å². The van der Waals surface area contributed by atoms with Crippen molar-refractivity contribution in [2.75, 3.05) is 6.61 Å². The first-order chi connectivity index (χ1) is 8.51. The quantitative estimate of drug-likeness (QED) is 0.615. The number of hydrogen-bond acceptors (Lipinski definition) is 3. The smallest absolute Gasteiger partial charge is 0.310 e. The summed E-state index contributed by atoms with van der Waals surface area (Å²) in [4.78, 5) is 14.8. The highest BCUT2D eigenvalue weighted by Crippen LogP contribution is 2.27. The van der Waals surface area contributed by atoms with Gasteiger partial charge in [0.15, 0.2) is 0 Å². The first-order valence-corrected chi connectivity index (χ1v) is 5.70. The maximum Gasteiger partial charge on any atom is 0.310 e. The van der Waals surface area contributed by atoms with Gasteiger partial charge in [0.05, 0.1) is 30.2 Å². The Morgan fingerprint density at radius 1 is 1.56 bits per heavy atom. The largest absolute Gasteiger partial charge is 0.466 e. The minimum atomic E-state index is -3.03. The second-order valence-electron chi connectivity index (χ2n) is 3.37. The Morgan fingerprint density at radius 2 is 2.22 bits per heavy atom. The van der Waals surface area contributed by atoms with Gasteiger partial charge in [-0.05, 0) is 6.92 Å². The SMILES string of the molecule is CCOC(=O)Cc1cnc(CCl)c(C(F)F)c1F. The number of nitrogens with zero attached hydrogens (tertiary/aromatic N) is 1. The summed E-state index contributed by atoms with van der Waals surface area (Å²) in [7, 11) is 0. The van der Waals surface area contributed by atoms with Crippen LogP contribution in [0.5, 0.6) is 0 Å². The molecule has 0 saturated carbocycles. The van der Waals surface area contributed by atoms with Gasteiger partial charge in [-0.3, -0.25) is 9.78 Å². The van der Waals surface area contributed by atoms with E-state index in [-0.39, 0.29) is 23.7 Å². The third-order valence-electron chi connectivity index (χ3n) is 2.19. The van der Waals surface area contributed by atoms with Crippen molar-refractivity contribution >= 4 is 17.6 Å². The van der Waals surface area contributed by atoms with Crippen molar-refractivity contribution in [3.8, 4) is 0 Å². The van der Waals surface area contributed by atoms with E-state index in [1.54, 1.807) is 6.92 Å². The molecule has 7 heteroatoms. The lowest BCUT2D eigenvalue weighted by Crippen LogP contribution is -2.12. The van der Waals surface area contributed by atoms with Gasteiger partial charge in [0, 0.05) is 11.8 Å². The normalized spacial score (nSPS) is 10.8. The minimum Gasteiger partial charge on any atom is -0.466 e. The number of halogens is 4. The van der Waals surface area contributed by atoms with Crippen LogP contribution in [0.3, 0.4) is 0 Å². The maximum absolute atomic E-state index is 13.8. The van der Waals surface area contributed by atoms with E-state index in [1.165, 1.54) is 0 Å². The van der Waals surface area contributed by atoms with E-state index >= 15 is 0 Å². The third kappa shape index (κ3) is 3.35. The highest BCUT2D eigenvalue weighted by molar-refractivity contribution is 6.17. The van der Waals surface area contributed by atoms with E-state index in [0.717, 1.165) is 6.20 Å².